The third kappa shape index (κ3) is 1.58. The number of oxime groups is 1. The first-order chi connectivity index (χ1) is 5.65. The molecule has 1 rings (SSSR count). The molecule has 0 atom stereocenters. The standard InChI is InChI=1S/C8H11N3O/c1-5-6(2)10-7(3)11-8(5)4-9-12/h4,12H,1-3H3/b9-4+. The molecule has 0 aliphatic carbocycles. The van der Waals surface area contributed by atoms with E-state index in [1.807, 2.05) is 13.8 Å². The molecule has 0 aliphatic heterocycles. The molecule has 0 fully saturated rings. The van der Waals surface area contributed by atoms with E-state index in [1.54, 1.807) is 6.92 Å². The van der Waals surface area contributed by atoms with E-state index in [0.717, 1.165) is 11.3 Å². The first kappa shape index (κ1) is 8.64. The molecule has 0 aliphatic rings. The summed E-state index contributed by atoms with van der Waals surface area (Å²) in [6, 6.07) is 0. The minimum Gasteiger partial charge on any atom is -0.411 e. The van der Waals surface area contributed by atoms with E-state index >= 15 is 0 Å². The van der Waals surface area contributed by atoms with Crippen molar-refractivity contribution in [1.29, 1.82) is 0 Å². The van der Waals surface area contributed by atoms with Crippen molar-refractivity contribution >= 4 is 6.21 Å². The van der Waals surface area contributed by atoms with Crippen molar-refractivity contribution in [3.05, 3.63) is 22.8 Å². The molecule has 1 heterocycles. The Kier molecular flexibility index (Phi) is 2.38. The van der Waals surface area contributed by atoms with Crippen LogP contribution in [0.4, 0.5) is 0 Å². The van der Waals surface area contributed by atoms with Gasteiger partial charge < -0.3 is 5.21 Å². The van der Waals surface area contributed by atoms with Crippen LogP contribution in [-0.4, -0.2) is 21.4 Å². The van der Waals surface area contributed by atoms with Gasteiger partial charge in [0.2, 0.25) is 0 Å². The van der Waals surface area contributed by atoms with Crippen molar-refractivity contribution in [2.45, 2.75) is 20.8 Å². The molecule has 0 saturated carbocycles. The Morgan fingerprint density at radius 2 is 1.92 bits per heavy atom. The fourth-order valence-corrected chi connectivity index (χ4v) is 0.975. The predicted molar refractivity (Wildman–Crippen MR) is 45.6 cm³/mol. The summed E-state index contributed by atoms with van der Waals surface area (Å²) in [5.41, 5.74) is 2.53. The summed E-state index contributed by atoms with van der Waals surface area (Å²) < 4.78 is 0. The molecule has 0 bridgehead atoms. The Morgan fingerprint density at radius 3 is 2.50 bits per heavy atom. The van der Waals surface area contributed by atoms with Gasteiger partial charge in [-0.1, -0.05) is 5.16 Å². The van der Waals surface area contributed by atoms with Crippen molar-refractivity contribution in [3.63, 3.8) is 0 Å². The Morgan fingerprint density at radius 1 is 1.25 bits per heavy atom. The van der Waals surface area contributed by atoms with Gasteiger partial charge in [-0.05, 0) is 26.3 Å². The molecule has 12 heavy (non-hydrogen) atoms. The summed E-state index contributed by atoms with van der Waals surface area (Å²) in [7, 11) is 0. The molecule has 1 aromatic heterocycles. The van der Waals surface area contributed by atoms with E-state index in [2.05, 4.69) is 15.1 Å². The number of nitrogens with zero attached hydrogens (tertiary/aromatic N) is 3. The Hall–Kier alpha value is -1.45. The molecule has 0 saturated heterocycles. The van der Waals surface area contributed by atoms with Crippen molar-refractivity contribution in [2.24, 2.45) is 5.16 Å². The second-order valence-corrected chi connectivity index (χ2v) is 2.61. The highest BCUT2D eigenvalue weighted by atomic mass is 16.4. The van der Waals surface area contributed by atoms with Gasteiger partial charge in [-0.3, -0.25) is 0 Å². The normalized spacial score (nSPS) is 10.9. The number of rotatable bonds is 1. The van der Waals surface area contributed by atoms with Crippen LogP contribution in [0.3, 0.4) is 0 Å². The summed E-state index contributed by atoms with van der Waals surface area (Å²) in [6.45, 7) is 5.60. The first-order valence-corrected chi connectivity index (χ1v) is 3.64. The van der Waals surface area contributed by atoms with E-state index in [4.69, 9.17) is 5.21 Å². The van der Waals surface area contributed by atoms with Crippen LogP contribution in [0.1, 0.15) is 22.8 Å². The quantitative estimate of drug-likeness (QED) is 0.386. The lowest BCUT2D eigenvalue weighted by molar-refractivity contribution is 0.321. The Balaban J connectivity index is 3.27. The fraction of sp³-hybridized carbons (Fsp3) is 0.375. The lowest BCUT2D eigenvalue weighted by Gasteiger charge is -2.02. The molecule has 0 spiro atoms. The third-order valence-corrected chi connectivity index (χ3v) is 1.72. The second kappa shape index (κ2) is 3.30. The van der Waals surface area contributed by atoms with Gasteiger partial charge in [0, 0.05) is 5.69 Å². The predicted octanol–water partition coefficient (Wildman–Crippen LogP) is 1.21. The van der Waals surface area contributed by atoms with Gasteiger partial charge in [0.15, 0.2) is 0 Å². The molecule has 1 aromatic rings. The summed E-state index contributed by atoms with van der Waals surface area (Å²) in [5.74, 6) is 0.688. The van der Waals surface area contributed by atoms with E-state index in [9.17, 15) is 0 Å². The molecule has 0 unspecified atom stereocenters. The third-order valence-electron chi connectivity index (χ3n) is 1.72. The molecule has 0 amide bonds. The number of aryl methyl sites for hydroxylation is 2. The zero-order valence-corrected chi connectivity index (χ0v) is 7.37. The van der Waals surface area contributed by atoms with Crippen LogP contribution in [0.5, 0.6) is 0 Å². The van der Waals surface area contributed by atoms with Crippen molar-refractivity contribution in [1.82, 2.24) is 9.97 Å². The minimum absolute atomic E-state index is 0.669. The molecular weight excluding hydrogens is 154 g/mol. The van der Waals surface area contributed by atoms with E-state index < -0.39 is 0 Å². The smallest absolute Gasteiger partial charge is 0.126 e. The van der Waals surface area contributed by atoms with Gasteiger partial charge in [0.1, 0.15) is 5.82 Å². The van der Waals surface area contributed by atoms with Gasteiger partial charge in [-0.15, -0.1) is 0 Å². The maximum atomic E-state index is 8.33. The number of aromatic nitrogens is 2. The highest BCUT2D eigenvalue weighted by molar-refractivity contribution is 5.78. The van der Waals surface area contributed by atoms with Crippen LogP contribution in [0.2, 0.25) is 0 Å². The maximum Gasteiger partial charge on any atom is 0.126 e. The molecule has 1 N–H and O–H groups in total. The fourth-order valence-electron chi connectivity index (χ4n) is 0.975. The van der Waals surface area contributed by atoms with Crippen LogP contribution in [0, 0.1) is 20.8 Å². The average molecular weight is 165 g/mol. The zero-order chi connectivity index (χ0) is 9.14. The minimum atomic E-state index is 0.669. The van der Waals surface area contributed by atoms with Crippen LogP contribution < -0.4 is 0 Å². The van der Waals surface area contributed by atoms with Gasteiger partial charge in [-0.2, -0.15) is 0 Å². The summed E-state index contributed by atoms with van der Waals surface area (Å²) >= 11 is 0. The zero-order valence-electron chi connectivity index (χ0n) is 7.37. The largest absolute Gasteiger partial charge is 0.411 e. The van der Waals surface area contributed by atoms with Gasteiger partial charge in [-0.25, -0.2) is 9.97 Å². The molecule has 4 nitrogen and oxygen atoms in total. The van der Waals surface area contributed by atoms with E-state index in [0.29, 0.717) is 11.5 Å². The summed E-state index contributed by atoms with van der Waals surface area (Å²) in [5, 5.41) is 11.3. The van der Waals surface area contributed by atoms with Crippen LogP contribution in [0.15, 0.2) is 5.16 Å². The van der Waals surface area contributed by atoms with E-state index in [1.165, 1.54) is 6.21 Å². The van der Waals surface area contributed by atoms with Crippen molar-refractivity contribution in [3.8, 4) is 0 Å². The van der Waals surface area contributed by atoms with Crippen LogP contribution in [0.25, 0.3) is 0 Å². The topological polar surface area (TPSA) is 58.4 Å². The molecule has 64 valence electrons. The molecule has 4 heteroatoms. The number of hydrogen-bond donors (Lipinski definition) is 1. The summed E-state index contributed by atoms with van der Waals surface area (Å²) in [4.78, 5) is 8.26. The second-order valence-electron chi connectivity index (χ2n) is 2.61. The van der Waals surface area contributed by atoms with Crippen molar-refractivity contribution < 1.29 is 5.21 Å². The monoisotopic (exact) mass is 165 g/mol. The maximum absolute atomic E-state index is 8.33. The molecule has 0 aromatic carbocycles. The highest BCUT2D eigenvalue weighted by Gasteiger charge is 2.02. The molecular formula is C8H11N3O. The van der Waals surface area contributed by atoms with Crippen molar-refractivity contribution in [2.75, 3.05) is 0 Å². The SMILES string of the molecule is Cc1nc(C)c(C)c(/C=N/O)n1. The molecule has 0 radical (unpaired) electrons. The lowest BCUT2D eigenvalue weighted by Crippen LogP contribution is -2.01. The van der Waals surface area contributed by atoms with Crippen LogP contribution in [-0.2, 0) is 0 Å². The number of hydrogen-bond acceptors (Lipinski definition) is 4. The van der Waals surface area contributed by atoms with Gasteiger partial charge >= 0.3 is 0 Å². The Bertz CT molecular complexity index is 320. The highest BCUT2D eigenvalue weighted by Crippen LogP contribution is 2.06. The van der Waals surface area contributed by atoms with Crippen LogP contribution >= 0.6 is 0 Å². The lowest BCUT2D eigenvalue weighted by atomic mass is 10.2. The van der Waals surface area contributed by atoms with E-state index in [-0.39, 0.29) is 0 Å². The van der Waals surface area contributed by atoms with Gasteiger partial charge in [0.25, 0.3) is 0 Å². The summed E-state index contributed by atoms with van der Waals surface area (Å²) in [6.07, 6.45) is 1.32. The Labute approximate surface area is 71.0 Å². The average Bonchev–Trinajstić information content (AvgIpc) is 2.00. The first-order valence-electron chi connectivity index (χ1n) is 3.64. The van der Waals surface area contributed by atoms with Gasteiger partial charge in [0.05, 0.1) is 11.9 Å².